The lowest BCUT2D eigenvalue weighted by molar-refractivity contribution is -0.157. The van der Waals surface area contributed by atoms with E-state index >= 15 is 0 Å². The molecule has 0 aliphatic heterocycles. The van der Waals surface area contributed by atoms with Crippen molar-refractivity contribution >= 4 is 11.9 Å². The van der Waals surface area contributed by atoms with Gasteiger partial charge in [0.25, 0.3) is 0 Å². The van der Waals surface area contributed by atoms with E-state index in [4.69, 9.17) is 0 Å². The fourth-order valence-electron chi connectivity index (χ4n) is 1.04. The van der Waals surface area contributed by atoms with E-state index < -0.39 is 18.6 Å². The van der Waals surface area contributed by atoms with Crippen molar-refractivity contribution in [2.45, 2.75) is 6.18 Å². The van der Waals surface area contributed by atoms with Gasteiger partial charge >= 0.3 is 6.18 Å². The molecule has 0 saturated carbocycles. The van der Waals surface area contributed by atoms with Gasteiger partial charge in [-0.15, -0.1) is 0 Å². The number of anilines is 1. The lowest BCUT2D eigenvalue weighted by Gasteiger charge is -2.18. The van der Waals surface area contributed by atoms with E-state index in [2.05, 4.69) is 15.3 Å². The van der Waals surface area contributed by atoms with Gasteiger partial charge in [-0.3, -0.25) is 4.79 Å². The quantitative estimate of drug-likeness (QED) is 0.860. The average molecular weight is 248 g/mol. The second-order valence-corrected chi connectivity index (χ2v) is 3.29. The topological polar surface area (TPSA) is 58.1 Å². The second kappa shape index (κ2) is 5.46. The molecule has 1 amide bonds. The van der Waals surface area contributed by atoms with Crippen LogP contribution in [-0.4, -0.2) is 47.1 Å². The Bertz CT molecular complexity index is 368. The first-order valence-corrected chi connectivity index (χ1v) is 4.70. The number of amides is 1. The molecule has 1 rings (SSSR count). The lowest BCUT2D eigenvalue weighted by atomic mass is 10.4. The highest BCUT2D eigenvalue weighted by molar-refractivity contribution is 5.80. The fraction of sp³-hybridized carbons (Fsp3) is 0.444. The summed E-state index contributed by atoms with van der Waals surface area (Å²) < 4.78 is 36.0. The summed E-state index contributed by atoms with van der Waals surface area (Å²) in [4.78, 5) is 19.4. The summed E-state index contributed by atoms with van der Waals surface area (Å²) in [5, 5.41) is 2.53. The fourth-order valence-corrected chi connectivity index (χ4v) is 1.04. The summed E-state index contributed by atoms with van der Waals surface area (Å²) in [6, 6.07) is 1.59. The Balaban J connectivity index is 2.40. The van der Waals surface area contributed by atoms with Crippen LogP contribution in [0.15, 0.2) is 18.5 Å². The van der Waals surface area contributed by atoms with Crippen LogP contribution < -0.4 is 5.32 Å². The molecule has 1 aromatic rings. The number of carbonyl (C=O) groups excluding carboxylic acids is 1. The molecule has 0 aliphatic rings. The maximum atomic E-state index is 12.0. The number of carbonyl (C=O) groups is 1. The number of rotatable bonds is 4. The number of likely N-dealkylation sites (N-methyl/N-ethyl adjacent to an activating group) is 1. The van der Waals surface area contributed by atoms with Gasteiger partial charge in [0.2, 0.25) is 11.9 Å². The minimum atomic E-state index is -4.40. The van der Waals surface area contributed by atoms with Gasteiger partial charge in [0.15, 0.2) is 0 Å². The average Bonchev–Trinajstić information content (AvgIpc) is 2.25. The Labute approximate surface area is 95.7 Å². The van der Waals surface area contributed by atoms with Crippen LogP contribution in [0.5, 0.6) is 0 Å². The van der Waals surface area contributed by atoms with Gasteiger partial charge in [-0.2, -0.15) is 13.2 Å². The molecule has 5 nitrogen and oxygen atoms in total. The van der Waals surface area contributed by atoms with Gasteiger partial charge in [-0.05, 0) is 6.07 Å². The Morgan fingerprint density at radius 3 is 2.53 bits per heavy atom. The Morgan fingerprint density at radius 1 is 1.41 bits per heavy atom. The van der Waals surface area contributed by atoms with E-state index in [0.29, 0.717) is 4.90 Å². The first-order valence-electron chi connectivity index (χ1n) is 4.70. The zero-order chi connectivity index (χ0) is 12.9. The van der Waals surface area contributed by atoms with Crippen molar-refractivity contribution in [1.29, 1.82) is 0 Å². The van der Waals surface area contributed by atoms with Crippen LogP contribution in [0, 0.1) is 0 Å². The number of nitrogens with zero attached hydrogens (tertiary/aromatic N) is 3. The largest absolute Gasteiger partial charge is 0.406 e. The third-order valence-corrected chi connectivity index (χ3v) is 1.81. The van der Waals surface area contributed by atoms with Crippen molar-refractivity contribution in [2.24, 2.45) is 0 Å². The first-order chi connectivity index (χ1) is 7.88. The number of alkyl halides is 3. The molecule has 8 heteroatoms. The second-order valence-electron chi connectivity index (χ2n) is 3.29. The number of nitrogens with one attached hydrogen (secondary N) is 1. The van der Waals surface area contributed by atoms with E-state index in [-0.39, 0.29) is 12.5 Å². The Morgan fingerprint density at radius 2 is 2.00 bits per heavy atom. The van der Waals surface area contributed by atoms with E-state index in [1.54, 1.807) is 6.07 Å². The van der Waals surface area contributed by atoms with Gasteiger partial charge < -0.3 is 10.2 Å². The molecule has 0 radical (unpaired) electrons. The molecule has 0 aromatic carbocycles. The number of aromatic nitrogens is 2. The third-order valence-electron chi connectivity index (χ3n) is 1.81. The van der Waals surface area contributed by atoms with Crippen molar-refractivity contribution in [2.75, 3.05) is 25.5 Å². The molecule has 0 fully saturated rings. The standard InChI is InChI=1S/C9H11F3N4O/c1-16(6-9(10,11)12)7(17)5-15-8-13-3-2-4-14-8/h2-4H,5-6H2,1H3,(H,13,14,15). The van der Waals surface area contributed by atoms with E-state index in [9.17, 15) is 18.0 Å². The highest BCUT2D eigenvalue weighted by Gasteiger charge is 2.30. The maximum absolute atomic E-state index is 12.0. The number of hydrogen-bond acceptors (Lipinski definition) is 4. The third kappa shape index (κ3) is 5.14. The summed E-state index contributed by atoms with van der Waals surface area (Å²) in [5.74, 6) is -0.490. The van der Waals surface area contributed by atoms with Crippen molar-refractivity contribution in [3.8, 4) is 0 Å². The predicted octanol–water partition coefficient (Wildman–Crippen LogP) is 0.909. The van der Waals surface area contributed by atoms with Crippen LogP contribution in [0.25, 0.3) is 0 Å². The molecular weight excluding hydrogens is 237 g/mol. The smallest absolute Gasteiger partial charge is 0.345 e. The van der Waals surface area contributed by atoms with Gasteiger partial charge in [0.1, 0.15) is 6.54 Å². The van der Waals surface area contributed by atoms with Gasteiger partial charge in [-0.1, -0.05) is 0 Å². The van der Waals surface area contributed by atoms with Crippen LogP contribution in [0.1, 0.15) is 0 Å². The molecule has 1 N–H and O–H groups in total. The molecule has 0 unspecified atom stereocenters. The zero-order valence-corrected chi connectivity index (χ0v) is 9.03. The van der Waals surface area contributed by atoms with E-state index in [1.165, 1.54) is 12.4 Å². The Kier molecular flexibility index (Phi) is 4.24. The highest BCUT2D eigenvalue weighted by Crippen LogP contribution is 2.15. The van der Waals surface area contributed by atoms with Crippen molar-refractivity contribution in [3.05, 3.63) is 18.5 Å². The van der Waals surface area contributed by atoms with E-state index in [0.717, 1.165) is 7.05 Å². The van der Waals surface area contributed by atoms with Gasteiger partial charge in [-0.25, -0.2) is 9.97 Å². The zero-order valence-electron chi connectivity index (χ0n) is 9.03. The molecule has 0 aliphatic carbocycles. The lowest BCUT2D eigenvalue weighted by Crippen LogP contribution is -2.39. The van der Waals surface area contributed by atoms with Gasteiger partial charge in [0, 0.05) is 19.4 Å². The normalized spacial score (nSPS) is 11.1. The molecule has 94 valence electrons. The monoisotopic (exact) mass is 248 g/mol. The van der Waals surface area contributed by atoms with Crippen LogP contribution in [0.2, 0.25) is 0 Å². The molecular formula is C9H11F3N4O. The summed E-state index contributed by atoms with van der Waals surface area (Å²) >= 11 is 0. The van der Waals surface area contributed by atoms with Crippen molar-refractivity contribution < 1.29 is 18.0 Å². The number of hydrogen-bond donors (Lipinski definition) is 1. The minimum Gasteiger partial charge on any atom is -0.345 e. The molecule has 17 heavy (non-hydrogen) atoms. The summed E-state index contributed by atoms with van der Waals surface area (Å²) in [7, 11) is 1.09. The summed E-state index contributed by atoms with van der Waals surface area (Å²) in [6.07, 6.45) is -1.48. The molecule has 0 spiro atoms. The maximum Gasteiger partial charge on any atom is 0.406 e. The van der Waals surface area contributed by atoms with Crippen molar-refractivity contribution in [3.63, 3.8) is 0 Å². The van der Waals surface area contributed by atoms with E-state index in [1.807, 2.05) is 0 Å². The molecule has 0 saturated heterocycles. The minimum absolute atomic E-state index is 0.196. The molecule has 0 atom stereocenters. The van der Waals surface area contributed by atoms with Crippen LogP contribution >= 0.6 is 0 Å². The molecule has 1 heterocycles. The van der Waals surface area contributed by atoms with Crippen molar-refractivity contribution in [1.82, 2.24) is 14.9 Å². The summed E-state index contributed by atoms with van der Waals surface area (Å²) in [6.45, 7) is -1.56. The van der Waals surface area contributed by atoms with Crippen LogP contribution in [0.3, 0.4) is 0 Å². The summed E-state index contributed by atoms with van der Waals surface area (Å²) in [5.41, 5.74) is 0. The highest BCUT2D eigenvalue weighted by atomic mass is 19.4. The Hall–Kier alpha value is -1.86. The molecule has 1 aromatic heterocycles. The van der Waals surface area contributed by atoms with Crippen LogP contribution in [-0.2, 0) is 4.79 Å². The number of halogens is 3. The SMILES string of the molecule is CN(CC(F)(F)F)C(=O)CNc1ncccn1. The van der Waals surface area contributed by atoms with Gasteiger partial charge in [0.05, 0.1) is 6.54 Å². The predicted molar refractivity (Wildman–Crippen MR) is 54.2 cm³/mol. The van der Waals surface area contributed by atoms with Crippen LogP contribution in [0.4, 0.5) is 19.1 Å². The first kappa shape index (κ1) is 13.2. The molecule has 0 bridgehead atoms.